The van der Waals surface area contributed by atoms with Crippen LogP contribution in [0.1, 0.15) is 39.8 Å². The molecule has 136 valence electrons. The average Bonchev–Trinajstić information content (AvgIpc) is 2.48. The van der Waals surface area contributed by atoms with Gasteiger partial charge in [0.05, 0.1) is 25.3 Å². The SMILES string of the molecule is CC[C@H]1COC[C@H](C)N1c1nc(Br)nc(C(C)(C)S(C)(=O)=O)c1O. The summed E-state index contributed by atoms with van der Waals surface area (Å²) in [5.41, 5.74) is 0.0930. The molecule has 1 aliphatic rings. The van der Waals surface area contributed by atoms with Gasteiger partial charge in [0.25, 0.3) is 0 Å². The molecule has 0 aliphatic carbocycles. The third kappa shape index (κ3) is 3.39. The van der Waals surface area contributed by atoms with Crippen molar-refractivity contribution in [3.63, 3.8) is 0 Å². The zero-order chi connectivity index (χ0) is 18.3. The molecule has 0 saturated carbocycles. The highest BCUT2D eigenvalue weighted by Crippen LogP contribution is 2.41. The molecular weight excluding hydrogens is 398 g/mol. The lowest BCUT2D eigenvalue weighted by atomic mass is 10.1. The molecule has 0 aromatic carbocycles. The number of anilines is 1. The Kier molecular flexibility index (Phi) is 5.46. The molecule has 1 aliphatic heterocycles. The first-order valence-electron chi connectivity index (χ1n) is 7.83. The zero-order valence-corrected chi connectivity index (χ0v) is 17.0. The van der Waals surface area contributed by atoms with Gasteiger partial charge in [-0.25, -0.2) is 18.4 Å². The molecule has 24 heavy (non-hydrogen) atoms. The van der Waals surface area contributed by atoms with Crippen molar-refractivity contribution in [3.05, 3.63) is 10.4 Å². The summed E-state index contributed by atoms with van der Waals surface area (Å²) in [6.07, 6.45) is 1.95. The molecule has 9 heteroatoms. The Balaban J connectivity index is 2.65. The largest absolute Gasteiger partial charge is 0.503 e. The Bertz CT molecular complexity index is 724. The van der Waals surface area contributed by atoms with E-state index >= 15 is 0 Å². The maximum absolute atomic E-state index is 12.2. The lowest BCUT2D eigenvalue weighted by molar-refractivity contribution is 0.0691. The number of rotatable bonds is 4. The maximum Gasteiger partial charge on any atom is 0.199 e. The van der Waals surface area contributed by atoms with Crippen molar-refractivity contribution in [2.45, 2.75) is 50.9 Å². The first-order valence-corrected chi connectivity index (χ1v) is 10.5. The van der Waals surface area contributed by atoms with Crippen molar-refractivity contribution < 1.29 is 18.3 Å². The van der Waals surface area contributed by atoms with Gasteiger partial charge in [-0.05, 0) is 43.1 Å². The number of morpholine rings is 1. The Morgan fingerprint density at radius 3 is 2.54 bits per heavy atom. The Hall–Kier alpha value is -0.930. The Morgan fingerprint density at radius 2 is 2.00 bits per heavy atom. The van der Waals surface area contributed by atoms with Crippen molar-refractivity contribution >= 4 is 31.6 Å². The fourth-order valence-electron chi connectivity index (χ4n) is 2.78. The summed E-state index contributed by atoms with van der Waals surface area (Å²) >= 11 is 3.25. The van der Waals surface area contributed by atoms with Gasteiger partial charge in [0, 0.05) is 6.26 Å². The third-order valence-corrected chi connectivity index (χ3v) is 6.99. The van der Waals surface area contributed by atoms with Crippen LogP contribution in [0.25, 0.3) is 0 Å². The minimum atomic E-state index is -3.49. The van der Waals surface area contributed by atoms with Gasteiger partial charge in [0.2, 0.25) is 0 Å². The molecule has 0 radical (unpaired) electrons. The number of ether oxygens (including phenoxy) is 1. The Labute approximate surface area is 151 Å². The Morgan fingerprint density at radius 1 is 1.38 bits per heavy atom. The first kappa shape index (κ1) is 19.4. The van der Waals surface area contributed by atoms with Crippen LogP contribution in [-0.4, -0.2) is 55.0 Å². The highest BCUT2D eigenvalue weighted by atomic mass is 79.9. The molecule has 0 spiro atoms. The number of hydrogen-bond donors (Lipinski definition) is 1. The number of nitrogens with zero attached hydrogens (tertiary/aromatic N) is 3. The van der Waals surface area contributed by atoms with Crippen molar-refractivity contribution in [1.82, 2.24) is 9.97 Å². The number of aromatic hydroxyl groups is 1. The van der Waals surface area contributed by atoms with Crippen LogP contribution >= 0.6 is 15.9 Å². The lowest BCUT2D eigenvalue weighted by Crippen LogP contribution is -2.51. The van der Waals surface area contributed by atoms with Crippen LogP contribution in [0.4, 0.5) is 5.82 Å². The quantitative estimate of drug-likeness (QED) is 0.744. The van der Waals surface area contributed by atoms with Gasteiger partial charge in [-0.2, -0.15) is 0 Å². The minimum Gasteiger partial charge on any atom is -0.503 e. The van der Waals surface area contributed by atoms with Crippen LogP contribution in [0, 0.1) is 0 Å². The molecule has 0 unspecified atom stereocenters. The van der Waals surface area contributed by atoms with E-state index < -0.39 is 14.6 Å². The summed E-state index contributed by atoms with van der Waals surface area (Å²) in [6, 6.07) is 0.0567. The summed E-state index contributed by atoms with van der Waals surface area (Å²) < 4.78 is 28.8. The number of sulfone groups is 1. The van der Waals surface area contributed by atoms with Crippen LogP contribution in [0.15, 0.2) is 4.73 Å². The molecule has 1 fully saturated rings. The second kappa shape index (κ2) is 6.76. The summed E-state index contributed by atoms with van der Waals surface area (Å²) in [4.78, 5) is 10.5. The average molecular weight is 422 g/mol. The van der Waals surface area contributed by atoms with E-state index in [4.69, 9.17) is 4.74 Å². The molecule has 0 amide bonds. The van der Waals surface area contributed by atoms with Crippen molar-refractivity contribution in [2.24, 2.45) is 0 Å². The zero-order valence-electron chi connectivity index (χ0n) is 14.6. The fraction of sp³-hybridized carbons (Fsp3) is 0.733. The van der Waals surface area contributed by atoms with Gasteiger partial charge in [0.15, 0.2) is 26.1 Å². The van der Waals surface area contributed by atoms with Crippen LogP contribution in [0.3, 0.4) is 0 Å². The number of aromatic nitrogens is 2. The molecule has 1 saturated heterocycles. The second-order valence-electron chi connectivity index (χ2n) is 6.65. The van der Waals surface area contributed by atoms with Crippen molar-refractivity contribution in [3.8, 4) is 5.75 Å². The molecule has 1 aromatic rings. The molecule has 2 atom stereocenters. The molecular formula is C15H24BrN3O4S. The standard InChI is InChI=1S/C15H24BrN3O4S/c1-6-10-8-23-7-9(2)19(10)13-11(20)12(17-14(16)18-13)15(3,4)24(5,21)22/h9-10,20H,6-8H2,1-5H3/t9-,10-/m0/s1. The topological polar surface area (TPSA) is 92.6 Å². The van der Waals surface area contributed by atoms with Gasteiger partial charge >= 0.3 is 0 Å². The van der Waals surface area contributed by atoms with Gasteiger partial charge < -0.3 is 14.7 Å². The van der Waals surface area contributed by atoms with Gasteiger partial charge in [-0.1, -0.05) is 6.92 Å². The molecule has 0 bridgehead atoms. The summed E-state index contributed by atoms with van der Waals surface area (Å²) in [5, 5.41) is 10.8. The van der Waals surface area contributed by atoms with Crippen LogP contribution in [0.5, 0.6) is 5.75 Å². The van der Waals surface area contributed by atoms with E-state index in [9.17, 15) is 13.5 Å². The molecule has 7 nitrogen and oxygen atoms in total. The summed E-state index contributed by atoms with van der Waals surface area (Å²) in [5.74, 6) is 0.145. The van der Waals surface area contributed by atoms with E-state index in [2.05, 4.69) is 25.9 Å². The predicted molar refractivity (Wildman–Crippen MR) is 96.1 cm³/mol. The van der Waals surface area contributed by atoms with E-state index in [-0.39, 0.29) is 28.3 Å². The fourth-order valence-corrected chi connectivity index (χ4v) is 3.62. The molecule has 1 N–H and O–H groups in total. The van der Waals surface area contributed by atoms with E-state index in [0.29, 0.717) is 19.0 Å². The summed E-state index contributed by atoms with van der Waals surface area (Å²) in [7, 11) is -3.49. The van der Waals surface area contributed by atoms with E-state index in [1.807, 2.05) is 18.7 Å². The predicted octanol–water partition coefficient (Wildman–Crippen LogP) is 2.23. The van der Waals surface area contributed by atoms with Crippen LogP contribution in [-0.2, 0) is 19.3 Å². The third-order valence-electron chi connectivity index (χ3n) is 4.59. The smallest absolute Gasteiger partial charge is 0.199 e. The molecule has 1 aromatic heterocycles. The van der Waals surface area contributed by atoms with E-state index in [1.165, 1.54) is 13.8 Å². The summed E-state index contributed by atoms with van der Waals surface area (Å²) in [6.45, 7) is 8.13. The lowest BCUT2D eigenvalue weighted by Gasteiger charge is -2.41. The number of hydrogen-bond acceptors (Lipinski definition) is 7. The van der Waals surface area contributed by atoms with E-state index in [1.54, 1.807) is 0 Å². The van der Waals surface area contributed by atoms with Crippen LogP contribution < -0.4 is 4.90 Å². The molecule has 2 rings (SSSR count). The minimum absolute atomic E-state index is 0.00518. The number of halogens is 1. The highest BCUT2D eigenvalue weighted by molar-refractivity contribution is 9.10. The van der Waals surface area contributed by atoms with Crippen molar-refractivity contribution in [1.29, 1.82) is 0 Å². The monoisotopic (exact) mass is 421 g/mol. The van der Waals surface area contributed by atoms with E-state index in [0.717, 1.165) is 12.7 Å². The van der Waals surface area contributed by atoms with Gasteiger partial charge in [-0.3, -0.25) is 0 Å². The first-order chi connectivity index (χ1) is 11.0. The second-order valence-corrected chi connectivity index (χ2v) is 9.93. The van der Waals surface area contributed by atoms with Crippen LogP contribution in [0.2, 0.25) is 0 Å². The normalized spacial score (nSPS) is 22.7. The molecule has 2 heterocycles. The highest BCUT2D eigenvalue weighted by Gasteiger charge is 2.40. The maximum atomic E-state index is 12.2. The van der Waals surface area contributed by atoms with Gasteiger partial charge in [0.1, 0.15) is 10.4 Å². The van der Waals surface area contributed by atoms with Gasteiger partial charge in [-0.15, -0.1) is 0 Å². The van der Waals surface area contributed by atoms with Crippen molar-refractivity contribution in [2.75, 3.05) is 24.4 Å².